The number of carbonyl (C=O) groups excluding carboxylic acids is 1. The van der Waals surface area contributed by atoms with Gasteiger partial charge in [0.05, 0.1) is 0 Å². The smallest absolute Gasteiger partial charge is 0.262 e. The molecule has 24 heavy (non-hydrogen) atoms. The molecule has 2 aromatic rings. The molecule has 1 saturated carbocycles. The van der Waals surface area contributed by atoms with Gasteiger partial charge in [0.15, 0.2) is 0 Å². The number of para-hydroxylation sites is 1. The highest BCUT2D eigenvalue weighted by atomic mass is 16.1. The number of nitrogens with zero attached hydrogens (tertiary/aromatic N) is 1. The van der Waals surface area contributed by atoms with Crippen molar-refractivity contribution < 1.29 is 4.79 Å². The summed E-state index contributed by atoms with van der Waals surface area (Å²) in [4.78, 5) is 15.8. The lowest BCUT2D eigenvalue weighted by atomic mass is 10.1. The first kappa shape index (κ1) is 16.3. The average Bonchev–Trinajstić information content (AvgIpc) is 2.75. The highest BCUT2D eigenvalue weighted by molar-refractivity contribution is 6.04. The number of hydrogen-bond acceptors (Lipinski definition) is 2. The van der Waals surface area contributed by atoms with Crippen molar-refractivity contribution in [1.82, 2.24) is 10.3 Å². The Labute approximate surface area is 142 Å². The number of hydrogen-bond donors (Lipinski definition) is 2. The molecule has 0 atom stereocenters. The summed E-state index contributed by atoms with van der Waals surface area (Å²) in [6.45, 7) is 1.96. The zero-order valence-corrected chi connectivity index (χ0v) is 14.1. The van der Waals surface area contributed by atoms with Gasteiger partial charge in [-0.1, -0.05) is 43.9 Å². The van der Waals surface area contributed by atoms with Crippen LogP contribution in [0.3, 0.4) is 0 Å². The number of fused-ring (bicyclic) bond motifs is 1. The van der Waals surface area contributed by atoms with E-state index in [1.54, 1.807) is 6.08 Å². The highest BCUT2D eigenvalue weighted by Crippen LogP contribution is 2.24. The summed E-state index contributed by atoms with van der Waals surface area (Å²) in [5.74, 6) is -0.255. The minimum atomic E-state index is -0.255. The van der Waals surface area contributed by atoms with Crippen LogP contribution in [0.15, 0.2) is 29.8 Å². The van der Waals surface area contributed by atoms with Crippen LogP contribution >= 0.6 is 0 Å². The fourth-order valence-corrected chi connectivity index (χ4v) is 3.46. The summed E-state index contributed by atoms with van der Waals surface area (Å²) >= 11 is 0. The largest absolute Gasteiger partial charge is 0.358 e. The van der Waals surface area contributed by atoms with Gasteiger partial charge in [0.2, 0.25) is 0 Å². The molecule has 124 valence electrons. The molecule has 0 saturated heterocycles. The van der Waals surface area contributed by atoms with E-state index in [1.165, 1.54) is 12.8 Å². The Balaban J connectivity index is 1.84. The number of nitrogens with one attached hydrogen (secondary N) is 2. The van der Waals surface area contributed by atoms with Crippen molar-refractivity contribution in [3.05, 3.63) is 41.1 Å². The number of aromatic nitrogens is 1. The Bertz CT molecular complexity index is 802. The van der Waals surface area contributed by atoms with E-state index in [2.05, 4.69) is 16.4 Å². The van der Waals surface area contributed by atoms with E-state index in [0.717, 1.165) is 47.8 Å². The Kier molecular flexibility index (Phi) is 5.00. The first-order valence-electron chi connectivity index (χ1n) is 8.69. The monoisotopic (exact) mass is 321 g/mol. The van der Waals surface area contributed by atoms with Crippen molar-refractivity contribution in [2.24, 2.45) is 0 Å². The molecule has 0 aliphatic heterocycles. The topological polar surface area (TPSA) is 68.7 Å². The summed E-state index contributed by atoms with van der Waals surface area (Å²) in [5, 5.41) is 13.5. The van der Waals surface area contributed by atoms with Gasteiger partial charge < -0.3 is 10.3 Å². The molecule has 4 nitrogen and oxygen atoms in total. The SMILES string of the molecule is Cc1[nH]c2ccccc2c1/C=C(/C#N)C(=O)NC1CCCCCC1. The van der Waals surface area contributed by atoms with Crippen molar-refractivity contribution in [1.29, 1.82) is 5.26 Å². The van der Waals surface area contributed by atoms with Crippen LogP contribution in [0, 0.1) is 18.3 Å². The van der Waals surface area contributed by atoms with Crippen molar-refractivity contribution in [2.45, 2.75) is 51.5 Å². The second-order valence-corrected chi connectivity index (χ2v) is 6.54. The first-order valence-corrected chi connectivity index (χ1v) is 8.69. The van der Waals surface area contributed by atoms with Gasteiger partial charge in [-0.05, 0) is 31.9 Å². The van der Waals surface area contributed by atoms with Crippen LogP contribution in [0.5, 0.6) is 0 Å². The van der Waals surface area contributed by atoms with E-state index in [-0.39, 0.29) is 17.5 Å². The molecule has 1 amide bonds. The summed E-state index contributed by atoms with van der Waals surface area (Å²) < 4.78 is 0. The molecule has 0 radical (unpaired) electrons. The fourth-order valence-electron chi connectivity index (χ4n) is 3.46. The van der Waals surface area contributed by atoms with E-state index in [1.807, 2.05) is 31.2 Å². The maximum atomic E-state index is 12.5. The quantitative estimate of drug-likeness (QED) is 0.505. The zero-order valence-electron chi connectivity index (χ0n) is 14.1. The molecule has 1 aromatic heterocycles. The number of nitriles is 1. The van der Waals surface area contributed by atoms with E-state index < -0.39 is 0 Å². The highest BCUT2D eigenvalue weighted by Gasteiger charge is 2.18. The molecule has 1 aliphatic rings. The van der Waals surface area contributed by atoms with Gasteiger partial charge in [0.25, 0.3) is 5.91 Å². The third kappa shape index (κ3) is 3.51. The number of carbonyl (C=O) groups is 1. The normalized spacial score (nSPS) is 16.6. The van der Waals surface area contributed by atoms with E-state index in [9.17, 15) is 10.1 Å². The van der Waals surface area contributed by atoms with Crippen molar-refractivity contribution >= 4 is 22.9 Å². The fraction of sp³-hybridized carbons (Fsp3) is 0.400. The summed E-state index contributed by atoms with van der Waals surface area (Å²) in [6.07, 6.45) is 8.51. The predicted molar refractivity (Wildman–Crippen MR) is 96.3 cm³/mol. The number of benzene rings is 1. The Morgan fingerprint density at radius 3 is 2.67 bits per heavy atom. The van der Waals surface area contributed by atoms with Crippen LogP contribution in [0.25, 0.3) is 17.0 Å². The van der Waals surface area contributed by atoms with Crippen LogP contribution in [0.1, 0.15) is 49.8 Å². The molecule has 0 bridgehead atoms. The number of amides is 1. The van der Waals surface area contributed by atoms with Crippen LogP contribution in [-0.2, 0) is 4.79 Å². The molecular weight excluding hydrogens is 298 g/mol. The maximum Gasteiger partial charge on any atom is 0.262 e. The third-order valence-corrected chi connectivity index (χ3v) is 4.79. The van der Waals surface area contributed by atoms with Crippen molar-refractivity contribution in [3.63, 3.8) is 0 Å². The molecule has 1 heterocycles. The molecule has 3 rings (SSSR count). The second kappa shape index (κ2) is 7.35. The molecular formula is C20H23N3O. The van der Waals surface area contributed by atoms with Gasteiger partial charge in [0.1, 0.15) is 11.6 Å². The first-order chi connectivity index (χ1) is 11.7. The summed E-state index contributed by atoms with van der Waals surface area (Å²) in [7, 11) is 0. The van der Waals surface area contributed by atoms with Gasteiger partial charge >= 0.3 is 0 Å². The van der Waals surface area contributed by atoms with E-state index in [0.29, 0.717) is 0 Å². The molecule has 2 N–H and O–H groups in total. The second-order valence-electron chi connectivity index (χ2n) is 6.54. The van der Waals surface area contributed by atoms with Crippen molar-refractivity contribution in [3.8, 4) is 6.07 Å². The number of aromatic amines is 1. The summed E-state index contributed by atoms with van der Waals surface area (Å²) in [6, 6.07) is 10.2. The lowest BCUT2D eigenvalue weighted by molar-refractivity contribution is -0.117. The lowest BCUT2D eigenvalue weighted by Crippen LogP contribution is -2.35. The molecule has 4 heteroatoms. The Hall–Kier alpha value is -2.54. The molecule has 1 aromatic carbocycles. The van der Waals surface area contributed by atoms with E-state index in [4.69, 9.17) is 0 Å². The van der Waals surface area contributed by atoms with Gasteiger partial charge in [-0.15, -0.1) is 0 Å². The van der Waals surface area contributed by atoms with E-state index >= 15 is 0 Å². The Morgan fingerprint density at radius 1 is 1.25 bits per heavy atom. The van der Waals surface area contributed by atoms with Gasteiger partial charge in [0, 0.05) is 28.2 Å². The number of aryl methyl sites for hydroxylation is 1. The maximum absolute atomic E-state index is 12.5. The molecule has 0 spiro atoms. The number of rotatable bonds is 3. The van der Waals surface area contributed by atoms with Crippen LogP contribution in [0.4, 0.5) is 0 Å². The van der Waals surface area contributed by atoms with Gasteiger partial charge in [-0.25, -0.2) is 0 Å². The third-order valence-electron chi connectivity index (χ3n) is 4.79. The zero-order chi connectivity index (χ0) is 16.9. The molecule has 1 fully saturated rings. The summed E-state index contributed by atoms with van der Waals surface area (Å²) in [5.41, 5.74) is 3.07. The Morgan fingerprint density at radius 2 is 1.96 bits per heavy atom. The lowest BCUT2D eigenvalue weighted by Gasteiger charge is -2.15. The number of H-pyrrole nitrogens is 1. The van der Waals surface area contributed by atoms with Crippen LogP contribution < -0.4 is 5.32 Å². The van der Waals surface area contributed by atoms with Gasteiger partial charge in [-0.3, -0.25) is 4.79 Å². The minimum absolute atomic E-state index is 0.173. The van der Waals surface area contributed by atoms with Crippen LogP contribution in [-0.4, -0.2) is 16.9 Å². The minimum Gasteiger partial charge on any atom is -0.358 e. The van der Waals surface area contributed by atoms with Crippen molar-refractivity contribution in [2.75, 3.05) is 0 Å². The molecule has 1 aliphatic carbocycles. The molecule has 0 unspecified atom stereocenters. The standard InChI is InChI=1S/C20H23N3O/c1-14-18(17-10-6-7-11-19(17)22-14)12-15(13-21)20(24)23-16-8-4-2-3-5-9-16/h6-7,10-12,16,22H,2-5,8-9H2,1H3,(H,23,24)/b15-12-. The van der Waals surface area contributed by atoms with Gasteiger partial charge in [-0.2, -0.15) is 5.26 Å². The van der Waals surface area contributed by atoms with Crippen LogP contribution in [0.2, 0.25) is 0 Å². The predicted octanol–water partition coefficient (Wildman–Crippen LogP) is 4.22. The average molecular weight is 321 g/mol.